The monoisotopic (exact) mass is 372 g/mol. The van der Waals surface area contributed by atoms with E-state index < -0.39 is 0 Å². The molecule has 21 heavy (non-hydrogen) atoms. The van der Waals surface area contributed by atoms with E-state index in [4.69, 9.17) is 21.1 Å². The molecule has 1 heterocycles. The molecule has 0 unspecified atom stereocenters. The minimum Gasteiger partial charge on any atom is -0.490 e. The number of aromatic nitrogens is 2. The van der Waals surface area contributed by atoms with Crippen molar-refractivity contribution in [1.29, 1.82) is 0 Å². The van der Waals surface area contributed by atoms with Gasteiger partial charge in [-0.25, -0.2) is 4.98 Å². The maximum atomic E-state index is 11.9. The number of hydrogen-bond acceptors (Lipinski definition) is 4. The Morgan fingerprint density at radius 2 is 1.95 bits per heavy atom. The second-order valence-corrected chi connectivity index (χ2v) is 5.23. The Balaban J connectivity index is 2.02. The summed E-state index contributed by atoms with van der Waals surface area (Å²) in [5, 5.41) is 0.152. The van der Waals surface area contributed by atoms with Crippen LogP contribution in [0.1, 0.15) is 6.92 Å². The van der Waals surface area contributed by atoms with Crippen LogP contribution < -0.4 is 15.0 Å². The lowest BCUT2D eigenvalue weighted by Gasteiger charge is -2.12. The third kappa shape index (κ3) is 3.98. The lowest BCUT2D eigenvalue weighted by atomic mass is 10.3. The van der Waals surface area contributed by atoms with Crippen LogP contribution in [-0.2, 0) is 6.54 Å². The fourth-order valence-corrected chi connectivity index (χ4v) is 2.16. The molecule has 0 N–H and O–H groups in total. The van der Waals surface area contributed by atoms with Crippen molar-refractivity contribution >= 4 is 27.5 Å². The van der Waals surface area contributed by atoms with E-state index in [2.05, 4.69) is 20.9 Å². The summed E-state index contributed by atoms with van der Waals surface area (Å²) in [7, 11) is 0. The second-order valence-electron chi connectivity index (χ2n) is 4.08. The van der Waals surface area contributed by atoms with Gasteiger partial charge in [0, 0.05) is 0 Å². The molecule has 0 amide bonds. The van der Waals surface area contributed by atoms with E-state index in [-0.39, 0.29) is 15.2 Å². The van der Waals surface area contributed by atoms with Gasteiger partial charge >= 0.3 is 0 Å². The van der Waals surface area contributed by atoms with Crippen LogP contribution in [0, 0.1) is 0 Å². The maximum Gasteiger partial charge on any atom is 0.269 e. The summed E-state index contributed by atoms with van der Waals surface area (Å²) in [6.45, 7) is 3.16. The molecule has 0 aliphatic heterocycles. The van der Waals surface area contributed by atoms with Crippen LogP contribution in [-0.4, -0.2) is 22.8 Å². The SMILES string of the molecule is CCOc1ccccc1OCCn1cnc(Cl)c(Br)c1=O. The first kappa shape index (κ1) is 15.9. The van der Waals surface area contributed by atoms with Gasteiger partial charge in [-0.15, -0.1) is 0 Å². The molecule has 0 aliphatic carbocycles. The minimum absolute atomic E-state index is 0.152. The Morgan fingerprint density at radius 1 is 1.29 bits per heavy atom. The molecule has 1 aromatic carbocycles. The highest BCUT2D eigenvalue weighted by atomic mass is 79.9. The third-order valence-electron chi connectivity index (χ3n) is 2.68. The van der Waals surface area contributed by atoms with Gasteiger partial charge in [0.15, 0.2) is 16.7 Å². The standard InChI is InChI=1S/C14H14BrClN2O3/c1-2-20-10-5-3-4-6-11(10)21-8-7-18-9-17-13(16)12(15)14(18)19/h3-6,9H,2,7-8H2,1H3. The van der Waals surface area contributed by atoms with E-state index in [0.29, 0.717) is 31.3 Å². The Labute approximate surface area is 135 Å². The summed E-state index contributed by atoms with van der Waals surface area (Å²) >= 11 is 8.86. The average molecular weight is 374 g/mol. The molecule has 2 rings (SSSR count). The van der Waals surface area contributed by atoms with Gasteiger partial charge in [0.1, 0.15) is 11.1 Å². The van der Waals surface area contributed by atoms with Crippen molar-refractivity contribution in [3.63, 3.8) is 0 Å². The van der Waals surface area contributed by atoms with Gasteiger partial charge in [0.05, 0.1) is 19.5 Å². The predicted molar refractivity (Wildman–Crippen MR) is 84.3 cm³/mol. The first-order chi connectivity index (χ1) is 10.1. The normalized spacial score (nSPS) is 10.4. The quantitative estimate of drug-likeness (QED) is 0.730. The molecule has 0 fully saturated rings. The fraction of sp³-hybridized carbons (Fsp3) is 0.286. The van der Waals surface area contributed by atoms with Crippen LogP contribution in [0.3, 0.4) is 0 Å². The van der Waals surface area contributed by atoms with Gasteiger partial charge in [0.25, 0.3) is 5.56 Å². The molecule has 0 radical (unpaired) electrons. The predicted octanol–water partition coefficient (Wildman–Crippen LogP) is 3.14. The fourth-order valence-electron chi connectivity index (χ4n) is 1.70. The Kier molecular flexibility index (Phi) is 5.64. The molecule has 0 aliphatic rings. The number of benzene rings is 1. The number of rotatable bonds is 6. The minimum atomic E-state index is -0.239. The highest BCUT2D eigenvalue weighted by Crippen LogP contribution is 2.26. The molecule has 2 aromatic rings. The number of halogens is 2. The topological polar surface area (TPSA) is 53.4 Å². The van der Waals surface area contributed by atoms with Gasteiger partial charge in [-0.2, -0.15) is 0 Å². The van der Waals surface area contributed by atoms with Crippen molar-refractivity contribution in [2.24, 2.45) is 0 Å². The zero-order valence-corrected chi connectivity index (χ0v) is 13.7. The Hall–Kier alpha value is -1.53. The average Bonchev–Trinajstić information content (AvgIpc) is 2.49. The first-order valence-electron chi connectivity index (χ1n) is 6.38. The van der Waals surface area contributed by atoms with Crippen molar-refractivity contribution in [3.8, 4) is 11.5 Å². The van der Waals surface area contributed by atoms with Crippen molar-refractivity contribution < 1.29 is 9.47 Å². The lowest BCUT2D eigenvalue weighted by Crippen LogP contribution is -2.24. The molecule has 112 valence electrons. The summed E-state index contributed by atoms with van der Waals surface area (Å²) in [6.07, 6.45) is 1.40. The molecular formula is C14H14BrClN2O3. The van der Waals surface area contributed by atoms with Crippen LogP contribution in [0.15, 0.2) is 39.9 Å². The lowest BCUT2D eigenvalue weighted by molar-refractivity contribution is 0.265. The number of para-hydroxylation sites is 2. The van der Waals surface area contributed by atoms with Crippen LogP contribution >= 0.6 is 27.5 Å². The van der Waals surface area contributed by atoms with Crippen LogP contribution in [0.5, 0.6) is 11.5 Å². The largest absolute Gasteiger partial charge is 0.490 e. The van der Waals surface area contributed by atoms with Gasteiger partial charge in [-0.1, -0.05) is 23.7 Å². The number of nitrogens with zero attached hydrogens (tertiary/aromatic N) is 2. The summed E-state index contributed by atoms with van der Waals surface area (Å²) in [5.74, 6) is 1.33. The molecule has 1 aromatic heterocycles. The number of ether oxygens (including phenoxy) is 2. The first-order valence-corrected chi connectivity index (χ1v) is 7.55. The molecule has 5 nitrogen and oxygen atoms in total. The van der Waals surface area contributed by atoms with E-state index in [1.807, 2.05) is 31.2 Å². The molecule has 7 heteroatoms. The van der Waals surface area contributed by atoms with Crippen molar-refractivity contribution in [2.45, 2.75) is 13.5 Å². The van der Waals surface area contributed by atoms with E-state index >= 15 is 0 Å². The molecule has 0 spiro atoms. The smallest absolute Gasteiger partial charge is 0.269 e. The summed E-state index contributed by atoms with van der Waals surface area (Å²) in [6, 6.07) is 7.41. The zero-order chi connectivity index (χ0) is 15.2. The maximum absolute atomic E-state index is 11.9. The molecule has 0 atom stereocenters. The van der Waals surface area contributed by atoms with Crippen LogP contribution in [0.4, 0.5) is 0 Å². The summed E-state index contributed by atoms with van der Waals surface area (Å²) in [5.41, 5.74) is -0.239. The second kappa shape index (κ2) is 7.47. The molecule has 0 saturated carbocycles. The van der Waals surface area contributed by atoms with E-state index in [9.17, 15) is 4.79 Å². The molecule has 0 saturated heterocycles. The Morgan fingerprint density at radius 3 is 2.62 bits per heavy atom. The van der Waals surface area contributed by atoms with Crippen molar-refractivity contribution in [3.05, 3.63) is 50.6 Å². The van der Waals surface area contributed by atoms with Crippen molar-refractivity contribution in [1.82, 2.24) is 9.55 Å². The van der Waals surface area contributed by atoms with E-state index in [1.165, 1.54) is 10.9 Å². The summed E-state index contributed by atoms with van der Waals surface area (Å²) in [4.78, 5) is 15.8. The van der Waals surface area contributed by atoms with Crippen molar-refractivity contribution in [2.75, 3.05) is 13.2 Å². The highest BCUT2D eigenvalue weighted by molar-refractivity contribution is 9.10. The van der Waals surface area contributed by atoms with Gasteiger partial charge in [-0.3, -0.25) is 9.36 Å². The van der Waals surface area contributed by atoms with E-state index in [0.717, 1.165) is 0 Å². The highest BCUT2D eigenvalue weighted by Gasteiger charge is 2.08. The molecule has 0 bridgehead atoms. The number of hydrogen-bond donors (Lipinski definition) is 0. The van der Waals surface area contributed by atoms with Crippen LogP contribution in [0.25, 0.3) is 0 Å². The summed E-state index contributed by atoms with van der Waals surface area (Å²) < 4.78 is 12.8. The van der Waals surface area contributed by atoms with Gasteiger partial charge < -0.3 is 9.47 Å². The van der Waals surface area contributed by atoms with Gasteiger partial charge in [-0.05, 0) is 35.0 Å². The zero-order valence-electron chi connectivity index (χ0n) is 11.4. The van der Waals surface area contributed by atoms with E-state index in [1.54, 1.807) is 0 Å². The Bertz CT molecular complexity index is 676. The van der Waals surface area contributed by atoms with Gasteiger partial charge in [0.2, 0.25) is 0 Å². The molecular weight excluding hydrogens is 360 g/mol. The van der Waals surface area contributed by atoms with Crippen LogP contribution in [0.2, 0.25) is 5.15 Å². The third-order valence-corrected chi connectivity index (χ3v) is 3.91.